The van der Waals surface area contributed by atoms with Gasteiger partial charge in [0.05, 0.1) is 12.8 Å². The second kappa shape index (κ2) is 6.83. The standard InChI is InChI=1S/C13H19FN2O2/c1-9(2)16-13(17)6-7-15-11-5-4-10(14)8-12(11)18-3/h4-5,8-9,15H,6-7H2,1-3H3,(H,16,17). The maximum absolute atomic E-state index is 13.0. The fourth-order valence-electron chi connectivity index (χ4n) is 1.52. The van der Waals surface area contributed by atoms with E-state index >= 15 is 0 Å². The molecule has 0 unspecified atom stereocenters. The Morgan fingerprint density at radius 3 is 2.78 bits per heavy atom. The van der Waals surface area contributed by atoms with E-state index in [0.29, 0.717) is 24.4 Å². The lowest BCUT2D eigenvalue weighted by atomic mass is 10.2. The first-order valence-corrected chi connectivity index (χ1v) is 5.89. The van der Waals surface area contributed by atoms with Gasteiger partial charge in [0.2, 0.25) is 5.91 Å². The Balaban J connectivity index is 2.46. The summed E-state index contributed by atoms with van der Waals surface area (Å²) in [4.78, 5) is 11.4. The van der Waals surface area contributed by atoms with E-state index < -0.39 is 0 Å². The molecule has 2 N–H and O–H groups in total. The van der Waals surface area contributed by atoms with Crippen molar-refractivity contribution in [3.63, 3.8) is 0 Å². The third-order valence-corrected chi connectivity index (χ3v) is 2.28. The van der Waals surface area contributed by atoms with Gasteiger partial charge in [-0.15, -0.1) is 0 Å². The normalized spacial score (nSPS) is 10.3. The van der Waals surface area contributed by atoms with E-state index in [2.05, 4.69) is 10.6 Å². The third kappa shape index (κ3) is 4.61. The lowest BCUT2D eigenvalue weighted by molar-refractivity contribution is -0.121. The summed E-state index contributed by atoms with van der Waals surface area (Å²) in [6, 6.07) is 4.38. The SMILES string of the molecule is COc1cc(F)ccc1NCCC(=O)NC(C)C. The molecule has 0 aliphatic rings. The Bertz CT molecular complexity index is 408. The quantitative estimate of drug-likeness (QED) is 0.818. The average molecular weight is 254 g/mol. The average Bonchev–Trinajstić information content (AvgIpc) is 2.30. The molecule has 1 aromatic carbocycles. The molecule has 0 bridgehead atoms. The molecule has 0 aromatic heterocycles. The zero-order valence-corrected chi connectivity index (χ0v) is 10.9. The number of halogens is 1. The van der Waals surface area contributed by atoms with Crippen LogP contribution in [0.3, 0.4) is 0 Å². The lowest BCUT2D eigenvalue weighted by Gasteiger charge is -2.12. The van der Waals surface area contributed by atoms with Crippen LogP contribution in [-0.4, -0.2) is 25.6 Å². The molecule has 0 heterocycles. The molecule has 18 heavy (non-hydrogen) atoms. The van der Waals surface area contributed by atoms with Gasteiger partial charge < -0.3 is 15.4 Å². The molecule has 1 amide bonds. The zero-order chi connectivity index (χ0) is 13.5. The minimum absolute atomic E-state index is 0.0152. The minimum Gasteiger partial charge on any atom is -0.494 e. The summed E-state index contributed by atoms with van der Waals surface area (Å²) in [5.41, 5.74) is 0.677. The van der Waals surface area contributed by atoms with Crippen LogP contribution in [0.2, 0.25) is 0 Å². The molecule has 0 saturated heterocycles. The van der Waals surface area contributed by atoms with Crippen LogP contribution in [0.25, 0.3) is 0 Å². The van der Waals surface area contributed by atoms with Crippen molar-refractivity contribution in [2.75, 3.05) is 19.0 Å². The van der Waals surface area contributed by atoms with Crippen LogP contribution in [0, 0.1) is 5.82 Å². The molecular weight excluding hydrogens is 235 g/mol. The number of carbonyl (C=O) groups excluding carboxylic acids is 1. The van der Waals surface area contributed by atoms with Crippen molar-refractivity contribution in [2.24, 2.45) is 0 Å². The van der Waals surface area contributed by atoms with Crippen LogP contribution >= 0.6 is 0 Å². The van der Waals surface area contributed by atoms with Gasteiger partial charge in [-0.25, -0.2) is 4.39 Å². The summed E-state index contributed by atoms with van der Waals surface area (Å²) in [6.45, 7) is 4.29. The van der Waals surface area contributed by atoms with E-state index in [1.165, 1.54) is 19.2 Å². The number of benzene rings is 1. The van der Waals surface area contributed by atoms with Crippen molar-refractivity contribution >= 4 is 11.6 Å². The maximum Gasteiger partial charge on any atom is 0.221 e. The highest BCUT2D eigenvalue weighted by atomic mass is 19.1. The molecule has 0 atom stereocenters. The van der Waals surface area contributed by atoms with Gasteiger partial charge in [0.25, 0.3) is 0 Å². The van der Waals surface area contributed by atoms with E-state index in [1.807, 2.05) is 13.8 Å². The number of ether oxygens (including phenoxy) is 1. The highest BCUT2D eigenvalue weighted by Gasteiger charge is 2.06. The Hall–Kier alpha value is -1.78. The van der Waals surface area contributed by atoms with Crippen LogP contribution in [0.4, 0.5) is 10.1 Å². The van der Waals surface area contributed by atoms with Gasteiger partial charge in [-0.3, -0.25) is 4.79 Å². The van der Waals surface area contributed by atoms with Gasteiger partial charge in [-0.05, 0) is 26.0 Å². The van der Waals surface area contributed by atoms with E-state index in [4.69, 9.17) is 4.74 Å². The molecule has 1 rings (SSSR count). The summed E-state index contributed by atoms with van der Waals surface area (Å²) in [5, 5.41) is 5.84. The second-order valence-electron chi connectivity index (χ2n) is 4.24. The van der Waals surface area contributed by atoms with E-state index in [-0.39, 0.29) is 17.8 Å². The molecule has 0 fully saturated rings. The van der Waals surface area contributed by atoms with Crippen molar-refractivity contribution in [1.82, 2.24) is 5.32 Å². The number of anilines is 1. The molecule has 0 saturated carbocycles. The molecule has 0 radical (unpaired) electrons. The van der Waals surface area contributed by atoms with Crippen molar-refractivity contribution in [2.45, 2.75) is 26.3 Å². The van der Waals surface area contributed by atoms with E-state index in [1.54, 1.807) is 6.07 Å². The number of nitrogens with one attached hydrogen (secondary N) is 2. The van der Waals surface area contributed by atoms with Crippen molar-refractivity contribution in [1.29, 1.82) is 0 Å². The van der Waals surface area contributed by atoms with Crippen LogP contribution in [-0.2, 0) is 4.79 Å². The highest BCUT2D eigenvalue weighted by molar-refractivity contribution is 5.76. The molecular formula is C13H19FN2O2. The van der Waals surface area contributed by atoms with Crippen LogP contribution in [0.5, 0.6) is 5.75 Å². The van der Waals surface area contributed by atoms with Crippen LogP contribution in [0.1, 0.15) is 20.3 Å². The predicted octanol–water partition coefficient (Wildman–Crippen LogP) is 2.16. The first-order valence-electron chi connectivity index (χ1n) is 5.89. The van der Waals surface area contributed by atoms with Gasteiger partial charge in [0.1, 0.15) is 11.6 Å². The summed E-state index contributed by atoms with van der Waals surface area (Å²) in [5.74, 6) is 0.0628. The van der Waals surface area contributed by atoms with E-state index in [0.717, 1.165) is 0 Å². The third-order valence-electron chi connectivity index (χ3n) is 2.28. The molecule has 1 aromatic rings. The Morgan fingerprint density at radius 1 is 1.44 bits per heavy atom. The summed E-state index contributed by atoms with van der Waals surface area (Å²) in [6.07, 6.45) is 0.360. The van der Waals surface area contributed by atoms with Crippen LogP contribution < -0.4 is 15.4 Å². The summed E-state index contributed by atoms with van der Waals surface area (Å²) in [7, 11) is 1.48. The molecule has 4 nitrogen and oxygen atoms in total. The van der Waals surface area contributed by atoms with Crippen molar-refractivity contribution in [3.05, 3.63) is 24.0 Å². The highest BCUT2D eigenvalue weighted by Crippen LogP contribution is 2.24. The van der Waals surface area contributed by atoms with Gasteiger partial charge in [0, 0.05) is 25.1 Å². The first-order chi connectivity index (χ1) is 8.52. The number of carbonyl (C=O) groups is 1. The predicted molar refractivity (Wildman–Crippen MR) is 69.3 cm³/mol. The van der Waals surface area contributed by atoms with Gasteiger partial charge in [-0.1, -0.05) is 0 Å². The number of methoxy groups -OCH3 is 1. The van der Waals surface area contributed by atoms with Crippen molar-refractivity contribution < 1.29 is 13.9 Å². The lowest BCUT2D eigenvalue weighted by Crippen LogP contribution is -2.31. The largest absolute Gasteiger partial charge is 0.494 e. The maximum atomic E-state index is 13.0. The van der Waals surface area contributed by atoms with Gasteiger partial charge in [-0.2, -0.15) is 0 Å². The molecule has 0 spiro atoms. The van der Waals surface area contributed by atoms with Crippen LogP contribution in [0.15, 0.2) is 18.2 Å². The Kier molecular flexibility index (Phi) is 5.42. The monoisotopic (exact) mass is 254 g/mol. The Morgan fingerprint density at radius 2 is 2.17 bits per heavy atom. The summed E-state index contributed by atoms with van der Waals surface area (Å²) < 4.78 is 18.0. The second-order valence-corrected chi connectivity index (χ2v) is 4.24. The first kappa shape index (κ1) is 14.3. The number of rotatable bonds is 6. The topological polar surface area (TPSA) is 50.4 Å². The molecule has 100 valence electrons. The Labute approximate surface area is 107 Å². The number of hydrogen-bond acceptors (Lipinski definition) is 3. The fraction of sp³-hybridized carbons (Fsp3) is 0.462. The minimum atomic E-state index is -0.352. The molecule has 0 aliphatic carbocycles. The van der Waals surface area contributed by atoms with E-state index in [9.17, 15) is 9.18 Å². The smallest absolute Gasteiger partial charge is 0.221 e. The van der Waals surface area contributed by atoms with Gasteiger partial charge in [0.15, 0.2) is 0 Å². The number of amides is 1. The molecule has 0 aliphatic heterocycles. The van der Waals surface area contributed by atoms with Crippen molar-refractivity contribution in [3.8, 4) is 5.75 Å². The summed E-state index contributed by atoms with van der Waals surface area (Å²) >= 11 is 0. The van der Waals surface area contributed by atoms with Gasteiger partial charge >= 0.3 is 0 Å². The zero-order valence-electron chi connectivity index (χ0n) is 10.9. The molecule has 5 heteroatoms. The fourth-order valence-corrected chi connectivity index (χ4v) is 1.52. The number of hydrogen-bond donors (Lipinski definition) is 2.